The summed E-state index contributed by atoms with van der Waals surface area (Å²) in [5.41, 5.74) is 2.58. The Morgan fingerprint density at radius 3 is 2.94 bits per heavy atom. The zero-order valence-corrected chi connectivity index (χ0v) is 20.5. The lowest BCUT2D eigenvalue weighted by Crippen LogP contribution is -2.48. The van der Waals surface area contributed by atoms with Gasteiger partial charge in [-0.15, -0.1) is 11.3 Å². The summed E-state index contributed by atoms with van der Waals surface area (Å²) in [7, 11) is 0. The molecule has 0 spiro atoms. The summed E-state index contributed by atoms with van der Waals surface area (Å²) in [6.45, 7) is 9.26. The third-order valence-electron chi connectivity index (χ3n) is 6.40. The Morgan fingerprint density at radius 1 is 1.42 bits per heavy atom. The Labute approximate surface area is 200 Å². The van der Waals surface area contributed by atoms with Crippen LogP contribution >= 0.6 is 22.9 Å². The number of halogens is 1. The average Bonchev–Trinajstić information content (AvgIpc) is 3.35. The minimum atomic E-state index is -0.821. The van der Waals surface area contributed by atoms with Crippen LogP contribution in [0.3, 0.4) is 0 Å². The third kappa shape index (κ3) is 3.85. The van der Waals surface area contributed by atoms with Crippen LogP contribution in [0.1, 0.15) is 44.2 Å². The molecular weight excluding hydrogens is 464 g/mol. The molecule has 2 fully saturated rings. The van der Waals surface area contributed by atoms with Gasteiger partial charge in [0.25, 0.3) is 5.56 Å². The van der Waals surface area contributed by atoms with E-state index in [9.17, 15) is 9.90 Å². The maximum absolute atomic E-state index is 13.2. The fourth-order valence-corrected chi connectivity index (χ4v) is 6.27. The van der Waals surface area contributed by atoms with Crippen LogP contribution < -0.4 is 10.9 Å². The van der Waals surface area contributed by atoms with Crippen molar-refractivity contribution < 1.29 is 14.6 Å². The number of nitrogens with zero attached hydrogens (tertiary/aromatic N) is 3. The van der Waals surface area contributed by atoms with E-state index in [1.54, 1.807) is 22.1 Å². The number of thiophene rings is 1. The van der Waals surface area contributed by atoms with Gasteiger partial charge in [-0.2, -0.15) is 0 Å². The Kier molecular flexibility index (Phi) is 5.95. The zero-order valence-electron chi connectivity index (χ0n) is 19.0. The highest BCUT2D eigenvalue weighted by Crippen LogP contribution is 2.41. The highest BCUT2D eigenvalue weighted by Gasteiger charge is 2.43. The average molecular weight is 491 g/mol. The number of aliphatic hydroxyl groups is 1. The normalized spacial score (nSPS) is 24.7. The number of nitrogens with one attached hydrogen (secondary N) is 1. The smallest absolute Gasteiger partial charge is 0.259 e. The molecule has 0 radical (unpaired) electrons. The van der Waals surface area contributed by atoms with E-state index in [-0.39, 0.29) is 23.6 Å². The van der Waals surface area contributed by atoms with Crippen molar-refractivity contribution in [2.75, 3.05) is 11.9 Å². The number of rotatable bonds is 5. The predicted octanol–water partition coefficient (Wildman–Crippen LogP) is 3.91. The molecule has 0 aliphatic carbocycles. The number of hydrogen-bond donors (Lipinski definition) is 2. The molecule has 4 atom stereocenters. The minimum Gasteiger partial charge on any atom is -0.386 e. The molecule has 3 aromatic rings. The topological polar surface area (TPSA) is 98.5 Å². The van der Waals surface area contributed by atoms with Crippen LogP contribution in [0.5, 0.6) is 0 Å². The minimum absolute atomic E-state index is 0.00114. The Bertz CT molecular complexity index is 1270. The van der Waals surface area contributed by atoms with E-state index in [1.807, 2.05) is 20.0 Å². The molecule has 2 aliphatic rings. The molecule has 2 N–H and O–H groups in total. The molecule has 2 bridgehead atoms. The molecule has 10 heteroatoms. The van der Waals surface area contributed by atoms with E-state index in [2.05, 4.69) is 24.1 Å². The van der Waals surface area contributed by atoms with Crippen molar-refractivity contribution in [3.05, 3.63) is 38.9 Å². The SMILES string of the molecule is CCn1cc(C(C)C)c2sc(-c3nc(N[C@@H]4C[C@H]5CO[C@H](O5)[C@H]4O)ncc3Cl)c(C)c2c1=O. The van der Waals surface area contributed by atoms with Gasteiger partial charge < -0.3 is 24.5 Å². The summed E-state index contributed by atoms with van der Waals surface area (Å²) in [5, 5.41) is 14.9. The van der Waals surface area contributed by atoms with Crippen molar-refractivity contribution in [1.82, 2.24) is 14.5 Å². The molecule has 0 saturated carbocycles. The quantitative estimate of drug-likeness (QED) is 0.559. The molecule has 5 heterocycles. The predicted molar refractivity (Wildman–Crippen MR) is 129 cm³/mol. The van der Waals surface area contributed by atoms with E-state index in [1.165, 1.54) is 0 Å². The number of fused-ring (bicyclic) bond motifs is 3. The first-order chi connectivity index (χ1) is 15.8. The van der Waals surface area contributed by atoms with Gasteiger partial charge in [-0.1, -0.05) is 25.4 Å². The Hall–Kier alpha value is -2.04. The van der Waals surface area contributed by atoms with Crippen molar-refractivity contribution in [3.8, 4) is 10.6 Å². The number of anilines is 1. The number of aromatic nitrogens is 3. The number of aryl methyl sites for hydroxylation is 2. The van der Waals surface area contributed by atoms with E-state index in [0.29, 0.717) is 36.2 Å². The van der Waals surface area contributed by atoms with Crippen LogP contribution in [-0.4, -0.2) is 50.8 Å². The van der Waals surface area contributed by atoms with Crippen molar-refractivity contribution in [1.29, 1.82) is 0 Å². The van der Waals surface area contributed by atoms with Gasteiger partial charge in [0.1, 0.15) is 11.8 Å². The van der Waals surface area contributed by atoms with Gasteiger partial charge in [-0.25, -0.2) is 9.97 Å². The van der Waals surface area contributed by atoms with Crippen LogP contribution in [0, 0.1) is 6.92 Å². The largest absolute Gasteiger partial charge is 0.386 e. The van der Waals surface area contributed by atoms with E-state index < -0.39 is 12.4 Å². The van der Waals surface area contributed by atoms with Crippen molar-refractivity contribution in [2.45, 2.75) is 71.1 Å². The van der Waals surface area contributed by atoms with E-state index in [4.69, 9.17) is 26.1 Å². The van der Waals surface area contributed by atoms with Crippen LogP contribution in [0.25, 0.3) is 20.7 Å². The van der Waals surface area contributed by atoms with E-state index >= 15 is 0 Å². The molecule has 0 unspecified atom stereocenters. The number of ether oxygens (including phenoxy) is 2. The second-order valence-corrected chi connectivity index (χ2v) is 10.3. The Balaban J connectivity index is 1.57. The molecule has 5 rings (SSSR count). The lowest BCUT2D eigenvalue weighted by molar-refractivity contribution is -0.156. The number of aliphatic hydroxyl groups excluding tert-OH is 1. The molecule has 2 aliphatic heterocycles. The number of pyridine rings is 1. The van der Waals surface area contributed by atoms with Gasteiger partial charge in [0.05, 0.1) is 40.2 Å². The highest BCUT2D eigenvalue weighted by molar-refractivity contribution is 7.22. The summed E-state index contributed by atoms with van der Waals surface area (Å²) in [6.07, 6.45) is 2.61. The lowest BCUT2D eigenvalue weighted by atomic mass is 10.0. The summed E-state index contributed by atoms with van der Waals surface area (Å²) >= 11 is 8.08. The number of hydrogen-bond acceptors (Lipinski definition) is 8. The summed E-state index contributed by atoms with van der Waals surface area (Å²) in [4.78, 5) is 23.0. The lowest BCUT2D eigenvalue weighted by Gasteiger charge is -2.32. The molecule has 0 aromatic carbocycles. The zero-order chi connectivity index (χ0) is 23.4. The maximum Gasteiger partial charge on any atom is 0.259 e. The summed E-state index contributed by atoms with van der Waals surface area (Å²) in [5.74, 6) is 0.633. The van der Waals surface area contributed by atoms with Crippen LogP contribution in [-0.2, 0) is 16.0 Å². The Morgan fingerprint density at radius 2 is 2.21 bits per heavy atom. The molecule has 3 aromatic heterocycles. The monoisotopic (exact) mass is 490 g/mol. The van der Waals surface area contributed by atoms with Crippen LogP contribution in [0.15, 0.2) is 17.2 Å². The van der Waals surface area contributed by atoms with Gasteiger partial charge in [-0.3, -0.25) is 4.79 Å². The van der Waals surface area contributed by atoms with Crippen LogP contribution in [0.4, 0.5) is 5.95 Å². The molecule has 0 amide bonds. The molecule has 8 nitrogen and oxygen atoms in total. The second kappa shape index (κ2) is 8.63. The fourth-order valence-electron chi connectivity index (χ4n) is 4.57. The third-order valence-corrected chi connectivity index (χ3v) is 8.02. The van der Waals surface area contributed by atoms with Crippen molar-refractivity contribution in [2.24, 2.45) is 0 Å². The first-order valence-electron chi connectivity index (χ1n) is 11.2. The first kappa shape index (κ1) is 22.7. The molecular formula is C23H27ClN4O4S. The highest BCUT2D eigenvalue weighted by atomic mass is 35.5. The van der Waals surface area contributed by atoms with Gasteiger partial charge in [0.15, 0.2) is 6.29 Å². The van der Waals surface area contributed by atoms with Crippen molar-refractivity contribution in [3.63, 3.8) is 0 Å². The maximum atomic E-state index is 13.2. The standard InChI is InChI=1S/C23H27ClN4O4S/c1-5-28-8-13(10(2)3)20-16(21(28)30)11(4)19(33-20)17-14(24)7-25-23(27-17)26-15-6-12-9-31-22(32-12)18(15)29/h7-8,10,12,15,18,22,29H,5-6,9H2,1-4H3,(H,25,26,27)/t12-,15+,18-,22+/m0/s1. The van der Waals surface area contributed by atoms with E-state index in [0.717, 1.165) is 26.1 Å². The summed E-state index contributed by atoms with van der Waals surface area (Å²) in [6, 6.07) is -0.293. The van der Waals surface area contributed by atoms with Crippen LogP contribution in [0.2, 0.25) is 5.02 Å². The second-order valence-electron chi connectivity index (χ2n) is 8.92. The summed E-state index contributed by atoms with van der Waals surface area (Å²) < 4.78 is 13.8. The molecule has 2 saturated heterocycles. The van der Waals surface area contributed by atoms with Gasteiger partial charge in [0, 0.05) is 17.4 Å². The van der Waals surface area contributed by atoms with Crippen molar-refractivity contribution >= 4 is 39.0 Å². The fraction of sp³-hybridized carbons (Fsp3) is 0.522. The molecule has 176 valence electrons. The first-order valence-corrected chi connectivity index (χ1v) is 12.4. The van der Waals surface area contributed by atoms with Gasteiger partial charge >= 0.3 is 0 Å². The van der Waals surface area contributed by atoms with Gasteiger partial charge in [0.2, 0.25) is 5.95 Å². The molecule has 33 heavy (non-hydrogen) atoms. The van der Waals surface area contributed by atoms with Gasteiger partial charge in [-0.05, 0) is 37.3 Å².